The molecule has 0 aliphatic rings. The zero-order valence-electron chi connectivity index (χ0n) is 17.9. The van der Waals surface area contributed by atoms with E-state index in [0.717, 1.165) is 35.6 Å². The van der Waals surface area contributed by atoms with Crippen molar-refractivity contribution in [1.82, 2.24) is 30.0 Å². The Bertz CT molecular complexity index is 1190. The summed E-state index contributed by atoms with van der Waals surface area (Å²) in [5.41, 5.74) is 5.08. The zero-order chi connectivity index (χ0) is 21.8. The lowest BCUT2D eigenvalue weighted by Crippen LogP contribution is -2.13. The molecule has 1 amide bonds. The van der Waals surface area contributed by atoms with Crippen molar-refractivity contribution in [2.45, 2.75) is 40.3 Å². The summed E-state index contributed by atoms with van der Waals surface area (Å²) in [5.74, 6) is 0.449. The Morgan fingerprint density at radius 3 is 2.61 bits per heavy atom. The van der Waals surface area contributed by atoms with Gasteiger partial charge in [-0.15, -0.1) is 5.10 Å². The topological polar surface area (TPSA) is 90.5 Å². The molecule has 0 bridgehead atoms. The number of carbonyl (C=O) groups excluding carboxylic acids is 1. The first-order valence-corrected chi connectivity index (χ1v) is 10.3. The second kappa shape index (κ2) is 8.91. The molecule has 1 N–H and O–H groups in total. The molecule has 0 atom stereocenters. The SMILES string of the molecule is CCn1nnnc1-c1cccc(C(=O)Nc2c(C)nn(CCc3ccccc3)c2C)c1. The molecule has 0 aliphatic carbocycles. The Hall–Kier alpha value is -3.81. The van der Waals surface area contributed by atoms with Gasteiger partial charge in [0.2, 0.25) is 0 Å². The van der Waals surface area contributed by atoms with Gasteiger partial charge in [0.05, 0.1) is 17.1 Å². The largest absolute Gasteiger partial charge is 0.319 e. The Morgan fingerprint density at radius 1 is 1.03 bits per heavy atom. The molecule has 0 saturated heterocycles. The summed E-state index contributed by atoms with van der Waals surface area (Å²) in [6.45, 7) is 7.26. The van der Waals surface area contributed by atoms with Crippen LogP contribution < -0.4 is 5.32 Å². The fourth-order valence-electron chi connectivity index (χ4n) is 3.58. The first-order valence-electron chi connectivity index (χ1n) is 10.3. The van der Waals surface area contributed by atoms with E-state index in [1.807, 2.05) is 55.8 Å². The van der Waals surface area contributed by atoms with Crippen molar-refractivity contribution in [1.29, 1.82) is 0 Å². The van der Waals surface area contributed by atoms with E-state index in [9.17, 15) is 4.79 Å². The highest BCUT2D eigenvalue weighted by Crippen LogP contribution is 2.22. The van der Waals surface area contributed by atoms with E-state index in [-0.39, 0.29) is 5.91 Å². The van der Waals surface area contributed by atoms with Gasteiger partial charge < -0.3 is 5.32 Å². The predicted octanol–water partition coefficient (Wildman–Crippen LogP) is 3.67. The van der Waals surface area contributed by atoms with Crippen molar-refractivity contribution in [2.24, 2.45) is 0 Å². The number of benzene rings is 2. The number of aromatic nitrogens is 6. The number of aryl methyl sites for hydroxylation is 4. The smallest absolute Gasteiger partial charge is 0.255 e. The van der Waals surface area contributed by atoms with Gasteiger partial charge in [0.25, 0.3) is 5.91 Å². The lowest BCUT2D eigenvalue weighted by Gasteiger charge is -2.08. The molecular weight excluding hydrogens is 390 g/mol. The van der Waals surface area contributed by atoms with E-state index in [1.165, 1.54) is 5.56 Å². The summed E-state index contributed by atoms with van der Waals surface area (Å²) in [6, 6.07) is 17.6. The minimum atomic E-state index is -0.189. The van der Waals surface area contributed by atoms with Gasteiger partial charge >= 0.3 is 0 Å². The third-order valence-electron chi connectivity index (χ3n) is 5.29. The monoisotopic (exact) mass is 415 g/mol. The van der Waals surface area contributed by atoms with Gasteiger partial charge in [-0.2, -0.15) is 5.10 Å². The molecule has 0 fully saturated rings. The summed E-state index contributed by atoms with van der Waals surface area (Å²) < 4.78 is 3.64. The second-order valence-corrected chi connectivity index (χ2v) is 7.36. The highest BCUT2D eigenvalue weighted by molar-refractivity contribution is 6.05. The highest BCUT2D eigenvalue weighted by atomic mass is 16.1. The number of rotatable bonds is 7. The Balaban J connectivity index is 1.51. The third-order valence-corrected chi connectivity index (χ3v) is 5.29. The van der Waals surface area contributed by atoms with Crippen molar-refractivity contribution in [3.63, 3.8) is 0 Å². The van der Waals surface area contributed by atoms with Gasteiger partial charge in [-0.05, 0) is 55.3 Å². The summed E-state index contributed by atoms with van der Waals surface area (Å²) in [6.07, 6.45) is 0.879. The van der Waals surface area contributed by atoms with Crippen LogP contribution in [0.25, 0.3) is 11.4 Å². The van der Waals surface area contributed by atoms with Crippen molar-refractivity contribution in [3.8, 4) is 11.4 Å². The first-order chi connectivity index (χ1) is 15.1. The highest BCUT2D eigenvalue weighted by Gasteiger charge is 2.16. The van der Waals surface area contributed by atoms with Gasteiger partial charge in [0.15, 0.2) is 5.82 Å². The van der Waals surface area contributed by atoms with Crippen LogP contribution in [-0.2, 0) is 19.5 Å². The van der Waals surface area contributed by atoms with E-state index in [1.54, 1.807) is 16.8 Å². The molecule has 0 aliphatic heterocycles. The summed E-state index contributed by atoms with van der Waals surface area (Å²) in [7, 11) is 0. The molecule has 2 aromatic heterocycles. The molecule has 2 heterocycles. The van der Waals surface area contributed by atoms with Crippen molar-refractivity contribution in [2.75, 3.05) is 5.32 Å². The number of nitrogens with zero attached hydrogens (tertiary/aromatic N) is 6. The van der Waals surface area contributed by atoms with Crippen LogP contribution >= 0.6 is 0 Å². The zero-order valence-corrected chi connectivity index (χ0v) is 17.9. The van der Waals surface area contributed by atoms with Gasteiger partial charge in [0, 0.05) is 24.2 Å². The minimum absolute atomic E-state index is 0.189. The Kier molecular flexibility index (Phi) is 5.88. The van der Waals surface area contributed by atoms with Gasteiger partial charge in [0.1, 0.15) is 0 Å². The van der Waals surface area contributed by atoms with Crippen molar-refractivity contribution < 1.29 is 4.79 Å². The summed E-state index contributed by atoms with van der Waals surface area (Å²) >= 11 is 0. The van der Waals surface area contributed by atoms with Crippen LogP contribution in [0.5, 0.6) is 0 Å². The molecule has 0 saturated carbocycles. The van der Waals surface area contributed by atoms with Gasteiger partial charge in [-0.1, -0.05) is 42.5 Å². The summed E-state index contributed by atoms with van der Waals surface area (Å²) in [5, 5.41) is 19.4. The molecule has 0 spiro atoms. The molecule has 0 unspecified atom stereocenters. The maximum absolute atomic E-state index is 13.0. The fourth-order valence-corrected chi connectivity index (χ4v) is 3.58. The maximum Gasteiger partial charge on any atom is 0.255 e. The number of hydrogen-bond donors (Lipinski definition) is 1. The van der Waals surface area contributed by atoms with E-state index in [4.69, 9.17) is 0 Å². The summed E-state index contributed by atoms with van der Waals surface area (Å²) in [4.78, 5) is 13.0. The van der Waals surface area contributed by atoms with Crippen LogP contribution in [0.3, 0.4) is 0 Å². The molecule has 0 radical (unpaired) electrons. The number of carbonyl (C=O) groups is 1. The van der Waals surface area contributed by atoms with Crippen LogP contribution in [-0.4, -0.2) is 35.9 Å². The molecule has 31 heavy (non-hydrogen) atoms. The number of anilines is 1. The minimum Gasteiger partial charge on any atom is -0.319 e. The fraction of sp³-hybridized carbons (Fsp3) is 0.261. The van der Waals surface area contributed by atoms with Crippen molar-refractivity contribution in [3.05, 3.63) is 77.1 Å². The van der Waals surface area contributed by atoms with Gasteiger partial charge in [-0.25, -0.2) is 4.68 Å². The number of tetrazole rings is 1. The molecular formula is C23H25N7O. The molecule has 4 aromatic rings. The molecule has 2 aromatic carbocycles. The Labute approximate surface area is 180 Å². The van der Waals surface area contributed by atoms with Crippen molar-refractivity contribution >= 4 is 11.6 Å². The number of nitrogens with one attached hydrogen (secondary N) is 1. The maximum atomic E-state index is 13.0. The van der Waals surface area contributed by atoms with E-state index >= 15 is 0 Å². The van der Waals surface area contributed by atoms with Crippen LogP contribution in [0, 0.1) is 13.8 Å². The van der Waals surface area contributed by atoms with Crippen LogP contribution in [0.2, 0.25) is 0 Å². The molecule has 4 rings (SSSR count). The predicted molar refractivity (Wildman–Crippen MR) is 119 cm³/mol. The lowest BCUT2D eigenvalue weighted by atomic mass is 10.1. The van der Waals surface area contributed by atoms with E-state index in [2.05, 4.69) is 38.1 Å². The van der Waals surface area contributed by atoms with Crippen LogP contribution in [0.1, 0.15) is 34.2 Å². The molecule has 8 nitrogen and oxygen atoms in total. The first kappa shape index (κ1) is 20.5. The van der Waals surface area contributed by atoms with Crippen LogP contribution in [0.15, 0.2) is 54.6 Å². The second-order valence-electron chi connectivity index (χ2n) is 7.36. The number of hydrogen-bond acceptors (Lipinski definition) is 5. The standard InChI is InChI=1S/C23H25N7O/c1-4-29-22(25-27-28-29)19-11-8-12-20(15-19)23(31)24-21-16(2)26-30(17(21)3)14-13-18-9-6-5-7-10-18/h5-12,15H,4,13-14H2,1-3H3,(H,24,31). The van der Waals surface area contributed by atoms with Gasteiger partial charge in [-0.3, -0.25) is 9.48 Å². The average molecular weight is 416 g/mol. The molecule has 158 valence electrons. The number of amides is 1. The van der Waals surface area contributed by atoms with Crippen LogP contribution in [0.4, 0.5) is 5.69 Å². The third kappa shape index (κ3) is 4.37. The van der Waals surface area contributed by atoms with E-state index in [0.29, 0.717) is 17.9 Å². The average Bonchev–Trinajstić information content (AvgIpc) is 3.38. The molecule has 8 heteroatoms. The lowest BCUT2D eigenvalue weighted by molar-refractivity contribution is 0.102. The quantitative estimate of drug-likeness (QED) is 0.497. The van der Waals surface area contributed by atoms with E-state index < -0.39 is 0 Å². The normalized spacial score (nSPS) is 10.9. The Morgan fingerprint density at radius 2 is 1.84 bits per heavy atom.